The van der Waals surface area contributed by atoms with Crippen molar-refractivity contribution in [3.63, 3.8) is 0 Å². The van der Waals surface area contributed by atoms with Crippen molar-refractivity contribution in [1.29, 1.82) is 0 Å². The van der Waals surface area contributed by atoms with E-state index in [1.54, 1.807) is 40.2 Å². The number of hydrogen-bond donors (Lipinski definition) is 0. The van der Waals surface area contributed by atoms with Gasteiger partial charge in [0.25, 0.3) is 11.5 Å². The van der Waals surface area contributed by atoms with Gasteiger partial charge in [-0.1, -0.05) is 34.8 Å². The van der Waals surface area contributed by atoms with Gasteiger partial charge in [-0.15, -0.1) is 0 Å². The van der Waals surface area contributed by atoms with Crippen LogP contribution < -0.4 is 10.3 Å². The Labute approximate surface area is 187 Å². The van der Waals surface area contributed by atoms with E-state index in [0.717, 1.165) is 5.69 Å². The topological polar surface area (TPSA) is 69.4 Å². The third-order valence-corrected chi connectivity index (χ3v) is 5.85. The molecule has 0 bridgehead atoms. The highest BCUT2D eigenvalue weighted by Gasteiger charge is 2.26. The highest BCUT2D eigenvalue weighted by molar-refractivity contribution is 6.43. The van der Waals surface area contributed by atoms with E-state index in [1.165, 1.54) is 10.6 Å². The molecule has 0 radical (unpaired) electrons. The van der Waals surface area contributed by atoms with E-state index >= 15 is 0 Å². The SMILES string of the molecule is Cc1cn(-c2ccc3n(c2=O)CCN(CCOc2cc(Cl)c(Cl)cc2Cl)C3=O)cn1. The molecule has 156 valence electrons. The molecule has 0 aliphatic carbocycles. The Balaban J connectivity index is 1.47. The molecular formula is C20H17Cl3N4O3. The monoisotopic (exact) mass is 466 g/mol. The summed E-state index contributed by atoms with van der Waals surface area (Å²) >= 11 is 18.0. The molecule has 1 amide bonds. The van der Waals surface area contributed by atoms with Gasteiger partial charge in [0.15, 0.2) is 0 Å². The van der Waals surface area contributed by atoms with Crippen LogP contribution in [0, 0.1) is 6.92 Å². The second-order valence-corrected chi connectivity index (χ2v) is 8.04. The standard InChI is InChI=1S/C20H17Cl3N4O3/c1-12-10-26(11-24-12)16-2-3-17-19(28)25(4-5-27(17)20(16)29)6-7-30-18-9-14(22)13(21)8-15(18)23/h2-3,8-11H,4-7H2,1H3. The van der Waals surface area contributed by atoms with Crippen LogP contribution in [0.15, 0.2) is 41.6 Å². The summed E-state index contributed by atoms with van der Waals surface area (Å²) in [7, 11) is 0. The van der Waals surface area contributed by atoms with Crippen LogP contribution in [-0.4, -0.2) is 44.6 Å². The van der Waals surface area contributed by atoms with E-state index in [2.05, 4.69) is 4.98 Å². The number of imidazole rings is 1. The van der Waals surface area contributed by atoms with Crippen LogP contribution in [0.3, 0.4) is 0 Å². The fourth-order valence-electron chi connectivity index (χ4n) is 3.30. The average molecular weight is 468 g/mol. The fraction of sp³-hybridized carbons (Fsp3) is 0.250. The van der Waals surface area contributed by atoms with Crippen LogP contribution >= 0.6 is 34.8 Å². The molecule has 1 aliphatic rings. The molecule has 4 rings (SSSR count). The highest BCUT2D eigenvalue weighted by Crippen LogP contribution is 2.33. The predicted octanol–water partition coefficient (Wildman–Crippen LogP) is 3.84. The van der Waals surface area contributed by atoms with Gasteiger partial charge in [-0.05, 0) is 25.1 Å². The summed E-state index contributed by atoms with van der Waals surface area (Å²) in [5, 5.41) is 1.02. The summed E-state index contributed by atoms with van der Waals surface area (Å²) in [6, 6.07) is 6.35. The smallest absolute Gasteiger partial charge is 0.275 e. The number of amides is 1. The second-order valence-electron chi connectivity index (χ2n) is 6.82. The van der Waals surface area contributed by atoms with Crippen molar-refractivity contribution in [3.05, 3.63) is 73.6 Å². The van der Waals surface area contributed by atoms with Gasteiger partial charge < -0.3 is 18.8 Å². The van der Waals surface area contributed by atoms with Crippen molar-refractivity contribution in [1.82, 2.24) is 19.0 Å². The van der Waals surface area contributed by atoms with Gasteiger partial charge >= 0.3 is 0 Å². The summed E-state index contributed by atoms with van der Waals surface area (Å²) in [5.41, 5.74) is 1.38. The van der Waals surface area contributed by atoms with Gasteiger partial charge in [0.05, 0.1) is 33.6 Å². The third-order valence-electron chi connectivity index (χ3n) is 4.84. The Kier molecular flexibility index (Phi) is 5.77. The van der Waals surface area contributed by atoms with Crippen molar-refractivity contribution < 1.29 is 9.53 Å². The number of pyridine rings is 1. The van der Waals surface area contributed by atoms with Crippen LogP contribution in [0.5, 0.6) is 5.75 Å². The maximum absolute atomic E-state index is 12.9. The molecule has 30 heavy (non-hydrogen) atoms. The van der Waals surface area contributed by atoms with E-state index < -0.39 is 0 Å². The number of fused-ring (bicyclic) bond motifs is 1. The average Bonchev–Trinajstić information content (AvgIpc) is 3.14. The van der Waals surface area contributed by atoms with Crippen LogP contribution in [0.4, 0.5) is 0 Å². The zero-order valence-corrected chi connectivity index (χ0v) is 18.2. The number of nitrogens with zero attached hydrogens (tertiary/aromatic N) is 4. The van der Waals surface area contributed by atoms with Gasteiger partial charge in [0.1, 0.15) is 23.7 Å². The van der Waals surface area contributed by atoms with Crippen molar-refractivity contribution in [2.24, 2.45) is 0 Å². The van der Waals surface area contributed by atoms with Gasteiger partial charge in [-0.3, -0.25) is 9.59 Å². The summed E-state index contributed by atoms with van der Waals surface area (Å²) in [6.45, 7) is 3.21. The van der Waals surface area contributed by atoms with E-state index in [4.69, 9.17) is 39.5 Å². The Morgan fingerprint density at radius 1 is 1.07 bits per heavy atom. The minimum absolute atomic E-state index is 0.222. The molecule has 0 saturated carbocycles. The minimum atomic E-state index is -0.226. The van der Waals surface area contributed by atoms with Gasteiger partial charge in [0.2, 0.25) is 0 Å². The van der Waals surface area contributed by atoms with E-state index in [0.29, 0.717) is 51.8 Å². The summed E-state index contributed by atoms with van der Waals surface area (Å²) in [4.78, 5) is 31.5. The maximum atomic E-state index is 12.9. The highest BCUT2D eigenvalue weighted by atomic mass is 35.5. The quantitative estimate of drug-likeness (QED) is 0.535. The first-order valence-electron chi connectivity index (χ1n) is 9.16. The molecule has 10 heteroatoms. The molecule has 0 spiro atoms. The maximum Gasteiger partial charge on any atom is 0.275 e. The first kappa shape index (κ1) is 20.8. The molecule has 0 N–H and O–H groups in total. The number of rotatable bonds is 5. The largest absolute Gasteiger partial charge is 0.490 e. The van der Waals surface area contributed by atoms with Gasteiger partial charge in [0, 0.05) is 25.4 Å². The molecule has 3 heterocycles. The number of aryl methyl sites for hydroxylation is 1. The molecular weight excluding hydrogens is 451 g/mol. The van der Waals surface area contributed by atoms with Crippen molar-refractivity contribution in [2.75, 3.05) is 19.7 Å². The predicted molar refractivity (Wildman–Crippen MR) is 115 cm³/mol. The Morgan fingerprint density at radius 2 is 1.83 bits per heavy atom. The number of hydrogen-bond acceptors (Lipinski definition) is 4. The molecule has 0 fully saturated rings. The minimum Gasteiger partial charge on any atom is -0.490 e. The Morgan fingerprint density at radius 3 is 2.57 bits per heavy atom. The second kappa shape index (κ2) is 8.34. The van der Waals surface area contributed by atoms with Crippen LogP contribution in [0.1, 0.15) is 16.2 Å². The number of carbonyl (C=O) groups is 1. The van der Waals surface area contributed by atoms with Crippen LogP contribution in [0.25, 0.3) is 5.69 Å². The molecule has 0 unspecified atom stereocenters. The van der Waals surface area contributed by atoms with E-state index in [-0.39, 0.29) is 18.1 Å². The molecule has 1 aliphatic heterocycles. The molecule has 1 aromatic carbocycles. The normalized spacial score (nSPS) is 13.5. The molecule has 2 aromatic heterocycles. The summed E-state index contributed by atoms with van der Waals surface area (Å²) in [5.74, 6) is 0.169. The van der Waals surface area contributed by atoms with Gasteiger partial charge in [-0.2, -0.15) is 0 Å². The number of ether oxygens (including phenoxy) is 1. The first-order chi connectivity index (χ1) is 14.3. The molecule has 0 atom stereocenters. The number of aromatic nitrogens is 3. The molecule has 0 saturated heterocycles. The number of carbonyl (C=O) groups excluding carboxylic acids is 1. The number of benzene rings is 1. The van der Waals surface area contributed by atoms with Crippen molar-refractivity contribution in [3.8, 4) is 11.4 Å². The first-order valence-corrected chi connectivity index (χ1v) is 10.3. The van der Waals surface area contributed by atoms with Gasteiger partial charge in [-0.25, -0.2) is 4.98 Å². The fourth-order valence-corrected chi connectivity index (χ4v) is 3.89. The lowest BCUT2D eigenvalue weighted by molar-refractivity contribution is 0.0673. The van der Waals surface area contributed by atoms with Crippen LogP contribution in [-0.2, 0) is 6.54 Å². The summed E-state index contributed by atoms with van der Waals surface area (Å²) < 4.78 is 8.83. The van der Waals surface area contributed by atoms with Crippen molar-refractivity contribution >= 4 is 40.7 Å². The Hall–Kier alpha value is -2.48. The molecule has 7 nitrogen and oxygen atoms in total. The van der Waals surface area contributed by atoms with Crippen LogP contribution in [0.2, 0.25) is 15.1 Å². The number of halogens is 3. The zero-order valence-electron chi connectivity index (χ0n) is 15.9. The third kappa shape index (κ3) is 3.93. The Bertz CT molecular complexity index is 1190. The lowest BCUT2D eigenvalue weighted by Crippen LogP contribution is -2.46. The van der Waals surface area contributed by atoms with E-state index in [9.17, 15) is 9.59 Å². The lowest BCUT2D eigenvalue weighted by Gasteiger charge is -2.29. The van der Waals surface area contributed by atoms with Crippen molar-refractivity contribution in [2.45, 2.75) is 13.5 Å². The molecule has 3 aromatic rings. The zero-order chi connectivity index (χ0) is 21.4. The lowest BCUT2D eigenvalue weighted by atomic mass is 10.2. The van der Waals surface area contributed by atoms with E-state index in [1.807, 2.05) is 6.92 Å². The summed E-state index contributed by atoms with van der Waals surface area (Å²) in [6.07, 6.45) is 3.35.